The van der Waals surface area contributed by atoms with Crippen molar-refractivity contribution in [2.45, 2.75) is 11.8 Å². The summed E-state index contributed by atoms with van der Waals surface area (Å²) >= 11 is 0. The molecule has 0 fully saturated rings. The van der Waals surface area contributed by atoms with Gasteiger partial charge in [-0.15, -0.1) is 0 Å². The van der Waals surface area contributed by atoms with E-state index in [1.165, 1.54) is 12.1 Å². The maximum atomic E-state index is 14.0. The monoisotopic (exact) mass is 342 g/mol. The van der Waals surface area contributed by atoms with Crippen LogP contribution in [0.25, 0.3) is 11.3 Å². The van der Waals surface area contributed by atoms with E-state index >= 15 is 0 Å². The molecule has 0 unspecified atom stereocenters. The summed E-state index contributed by atoms with van der Waals surface area (Å²) in [5.41, 5.74) is -0.843. The van der Waals surface area contributed by atoms with Crippen LogP contribution in [0.15, 0.2) is 52.2 Å². The molecule has 5 nitrogen and oxygen atoms in total. The Kier molecular flexibility index (Phi) is 3.72. The van der Waals surface area contributed by atoms with Gasteiger partial charge in [0.2, 0.25) is 11.0 Å². The van der Waals surface area contributed by atoms with Gasteiger partial charge in [0, 0.05) is 12.4 Å². The molecule has 0 bridgehead atoms. The molecule has 0 saturated carbocycles. The van der Waals surface area contributed by atoms with Crippen LogP contribution >= 0.6 is 0 Å². The Morgan fingerprint density at radius 2 is 1.96 bits per heavy atom. The smallest absolute Gasteiger partial charge is 0.301 e. The summed E-state index contributed by atoms with van der Waals surface area (Å²) < 4.78 is 70.8. The second kappa shape index (κ2) is 5.58. The van der Waals surface area contributed by atoms with Crippen molar-refractivity contribution in [3.8, 4) is 11.3 Å². The molecule has 23 heavy (non-hydrogen) atoms. The average molecular weight is 342 g/mol. The number of rotatable bonds is 4. The fourth-order valence-electron chi connectivity index (χ4n) is 2.07. The zero-order valence-corrected chi connectivity index (χ0v) is 12.2. The first-order valence-corrected chi connectivity index (χ1v) is 7.77. The van der Waals surface area contributed by atoms with E-state index in [-0.39, 0.29) is 11.3 Å². The van der Waals surface area contributed by atoms with Gasteiger partial charge in [0.05, 0.1) is 5.56 Å². The van der Waals surface area contributed by atoms with Gasteiger partial charge in [-0.1, -0.05) is 0 Å². The third-order valence-electron chi connectivity index (χ3n) is 3.10. The van der Waals surface area contributed by atoms with Gasteiger partial charge < -0.3 is 4.42 Å². The van der Waals surface area contributed by atoms with E-state index in [1.807, 2.05) is 0 Å². The fraction of sp³-hybridized carbons (Fsp3) is 0.0714. The Balaban J connectivity index is 2.20. The van der Waals surface area contributed by atoms with Crippen molar-refractivity contribution in [2.24, 2.45) is 0 Å². The van der Waals surface area contributed by atoms with Gasteiger partial charge in [-0.25, -0.2) is 17.7 Å². The standard InChI is InChI=1S/C14H9F3N2O3S/c15-8-9-3-4-12(22-9)23(20,21)19-7-5-11(16)13(19)10-2-1-6-18-14(10)17/h1-7H,8H2. The number of furan rings is 1. The van der Waals surface area contributed by atoms with Crippen LogP contribution in [0.1, 0.15) is 5.76 Å². The van der Waals surface area contributed by atoms with E-state index in [0.29, 0.717) is 3.97 Å². The first-order chi connectivity index (χ1) is 10.9. The van der Waals surface area contributed by atoms with Gasteiger partial charge in [-0.3, -0.25) is 0 Å². The van der Waals surface area contributed by atoms with Gasteiger partial charge in [0.1, 0.15) is 23.9 Å². The Bertz CT molecular complexity index is 963. The van der Waals surface area contributed by atoms with Crippen molar-refractivity contribution in [3.63, 3.8) is 0 Å². The molecule has 0 amide bonds. The molecule has 0 spiro atoms. The maximum absolute atomic E-state index is 14.0. The summed E-state index contributed by atoms with van der Waals surface area (Å²) in [4.78, 5) is 3.37. The Labute approximate surface area is 129 Å². The number of halogens is 3. The van der Waals surface area contributed by atoms with Crippen LogP contribution in [0.4, 0.5) is 13.2 Å². The molecule has 0 aliphatic rings. The highest BCUT2D eigenvalue weighted by Gasteiger charge is 2.27. The van der Waals surface area contributed by atoms with E-state index in [9.17, 15) is 21.6 Å². The number of alkyl halides is 1. The molecule has 3 heterocycles. The highest BCUT2D eigenvalue weighted by molar-refractivity contribution is 7.89. The summed E-state index contributed by atoms with van der Waals surface area (Å²) in [6.07, 6.45) is 2.07. The molecule has 0 aromatic carbocycles. The molecule has 120 valence electrons. The maximum Gasteiger partial charge on any atom is 0.301 e. The zero-order chi connectivity index (χ0) is 16.6. The summed E-state index contributed by atoms with van der Waals surface area (Å²) in [6, 6.07) is 5.61. The summed E-state index contributed by atoms with van der Waals surface area (Å²) in [6.45, 7) is -0.986. The van der Waals surface area contributed by atoms with E-state index in [0.717, 1.165) is 30.6 Å². The van der Waals surface area contributed by atoms with Crippen LogP contribution < -0.4 is 0 Å². The largest absolute Gasteiger partial charge is 0.445 e. The van der Waals surface area contributed by atoms with Crippen molar-refractivity contribution in [2.75, 3.05) is 0 Å². The fourth-order valence-corrected chi connectivity index (χ4v) is 3.36. The predicted octanol–water partition coefficient (Wildman–Crippen LogP) is 3.13. The van der Waals surface area contributed by atoms with Gasteiger partial charge in [-0.05, 0) is 30.3 Å². The minimum absolute atomic E-state index is 0.190. The highest BCUT2D eigenvalue weighted by Crippen LogP contribution is 2.29. The molecule has 3 aromatic rings. The summed E-state index contributed by atoms with van der Waals surface area (Å²) in [5, 5.41) is -0.578. The topological polar surface area (TPSA) is 65.1 Å². The lowest BCUT2D eigenvalue weighted by Gasteiger charge is -2.09. The molecule has 0 radical (unpaired) electrons. The minimum atomic E-state index is -4.35. The number of pyridine rings is 1. The van der Waals surface area contributed by atoms with Crippen LogP contribution in [0.2, 0.25) is 0 Å². The van der Waals surface area contributed by atoms with Gasteiger partial charge in [0.15, 0.2) is 0 Å². The summed E-state index contributed by atoms with van der Waals surface area (Å²) in [5.74, 6) is -2.16. The van der Waals surface area contributed by atoms with E-state index in [4.69, 9.17) is 4.42 Å². The molecule has 0 atom stereocenters. The van der Waals surface area contributed by atoms with E-state index in [2.05, 4.69) is 4.98 Å². The number of hydrogen-bond acceptors (Lipinski definition) is 4. The van der Waals surface area contributed by atoms with Gasteiger partial charge in [0.25, 0.3) is 0 Å². The first-order valence-electron chi connectivity index (χ1n) is 6.33. The average Bonchev–Trinajstić information content (AvgIpc) is 3.15. The van der Waals surface area contributed by atoms with Crippen molar-refractivity contribution >= 4 is 10.0 Å². The molecule has 9 heteroatoms. The van der Waals surface area contributed by atoms with E-state index in [1.54, 1.807) is 0 Å². The van der Waals surface area contributed by atoms with Crippen LogP contribution in [0, 0.1) is 11.8 Å². The number of hydrogen-bond donors (Lipinski definition) is 0. The van der Waals surface area contributed by atoms with Crippen LogP contribution in [-0.4, -0.2) is 17.4 Å². The normalized spacial score (nSPS) is 11.8. The second-order valence-electron chi connectivity index (χ2n) is 4.51. The molecule has 3 aromatic heterocycles. The van der Waals surface area contributed by atoms with Crippen molar-refractivity contribution < 1.29 is 26.0 Å². The quantitative estimate of drug-likeness (QED) is 0.683. The predicted molar refractivity (Wildman–Crippen MR) is 73.7 cm³/mol. The van der Waals surface area contributed by atoms with Gasteiger partial charge >= 0.3 is 10.0 Å². The lowest BCUT2D eigenvalue weighted by molar-refractivity contribution is 0.350. The molecule has 3 rings (SSSR count). The third kappa shape index (κ3) is 2.52. The zero-order valence-electron chi connectivity index (χ0n) is 11.4. The molecule has 0 aliphatic carbocycles. The second-order valence-corrected chi connectivity index (χ2v) is 6.26. The van der Waals surface area contributed by atoms with Gasteiger partial charge in [-0.2, -0.15) is 12.8 Å². The van der Waals surface area contributed by atoms with Crippen molar-refractivity contribution in [1.82, 2.24) is 8.96 Å². The molecular formula is C14H9F3N2O3S. The van der Waals surface area contributed by atoms with Crippen molar-refractivity contribution in [1.29, 1.82) is 0 Å². The van der Waals surface area contributed by atoms with Crippen LogP contribution in [0.5, 0.6) is 0 Å². The van der Waals surface area contributed by atoms with Crippen LogP contribution in [-0.2, 0) is 16.7 Å². The SMILES string of the molecule is O=S(=O)(c1ccc(CF)o1)n1ccc(F)c1-c1cccnc1F. The Morgan fingerprint density at radius 1 is 1.17 bits per heavy atom. The molecule has 0 aliphatic heterocycles. The molecule has 0 saturated heterocycles. The Hall–Kier alpha value is -2.55. The molecular weight excluding hydrogens is 333 g/mol. The lowest BCUT2D eigenvalue weighted by atomic mass is 10.2. The third-order valence-corrected chi connectivity index (χ3v) is 4.65. The first kappa shape index (κ1) is 15.3. The number of nitrogens with zero attached hydrogens (tertiary/aromatic N) is 2. The Morgan fingerprint density at radius 3 is 2.61 bits per heavy atom. The lowest BCUT2D eigenvalue weighted by Crippen LogP contribution is -2.13. The van der Waals surface area contributed by atoms with E-state index < -0.39 is 39.2 Å². The minimum Gasteiger partial charge on any atom is -0.445 e. The highest BCUT2D eigenvalue weighted by atomic mass is 32.2. The van der Waals surface area contributed by atoms with Crippen molar-refractivity contribution in [3.05, 3.63) is 60.3 Å². The number of aromatic nitrogens is 2. The van der Waals surface area contributed by atoms with Crippen LogP contribution in [0.3, 0.4) is 0 Å². The summed E-state index contributed by atoms with van der Waals surface area (Å²) in [7, 11) is -4.35. The molecule has 0 N–H and O–H groups in total.